The Balaban J connectivity index is 0.00000176. The van der Waals surface area contributed by atoms with E-state index in [0.29, 0.717) is 11.4 Å². The Morgan fingerprint density at radius 3 is 2.25 bits per heavy atom. The van der Waals surface area contributed by atoms with Crippen molar-refractivity contribution in [2.24, 2.45) is 0 Å². The van der Waals surface area contributed by atoms with Crippen LogP contribution in [0.5, 0.6) is 0 Å². The lowest BCUT2D eigenvalue weighted by atomic mass is 10.0. The zero-order valence-electron chi connectivity index (χ0n) is 19.0. The summed E-state index contributed by atoms with van der Waals surface area (Å²) in [5, 5.41) is 11.0. The van der Waals surface area contributed by atoms with E-state index in [-0.39, 0.29) is 12.1 Å². The molecule has 0 saturated carbocycles. The normalized spacial score (nSPS) is 10.9. The fraction of sp³-hybridized carbons (Fsp3) is 0.192. The van der Waals surface area contributed by atoms with Crippen LogP contribution in [-0.4, -0.2) is 16.8 Å². The molecule has 6 heteroatoms. The van der Waals surface area contributed by atoms with Crippen LogP contribution in [0.3, 0.4) is 0 Å². The molecule has 2 aromatic carbocycles. The molecule has 0 aliphatic heterocycles. The molecule has 32 heavy (non-hydrogen) atoms. The number of hydrogen-bond donors (Lipinski definition) is 2. The van der Waals surface area contributed by atoms with Crippen molar-refractivity contribution in [1.29, 1.82) is 0 Å². The number of nitrogens with zero attached hydrogens (tertiary/aromatic N) is 2. The SMILES string of the molecule is C=C.C=C(/C=C(/NCc1ccc(CNC)cc1)n1ncc(SF)c1C)c1ccccc1C. The van der Waals surface area contributed by atoms with Crippen molar-refractivity contribution in [3.05, 3.63) is 108 Å². The Hall–Kier alpha value is -3.09. The van der Waals surface area contributed by atoms with Crippen LogP contribution in [-0.2, 0) is 13.1 Å². The lowest BCUT2D eigenvalue weighted by Gasteiger charge is -2.15. The predicted molar refractivity (Wildman–Crippen MR) is 136 cm³/mol. The average Bonchev–Trinajstić information content (AvgIpc) is 3.19. The van der Waals surface area contributed by atoms with Crippen molar-refractivity contribution < 1.29 is 3.89 Å². The third kappa shape index (κ3) is 6.45. The van der Waals surface area contributed by atoms with Crippen molar-refractivity contribution in [2.75, 3.05) is 7.05 Å². The molecule has 3 rings (SSSR count). The zero-order valence-corrected chi connectivity index (χ0v) is 19.8. The van der Waals surface area contributed by atoms with E-state index in [4.69, 9.17) is 0 Å². The standard InChI is InChI=1S/C24H27FN4S.C2H4/c1-17-7-5-6-8-22(17)18(2)13-24(29-19(3)23(30-25)16-28-29)27-15-21-11-9-20(10-12-21)14-26-4;1-2/h5-13,16,26-27H,2,14-15H2,1,3-4H3;1-2H2/b24-13-;. The number of hydrogen-bond acceptors (Lipinski definition) is 4. The lowest BCUT2D eigenvalue weighted by Crippen LogP contribution is -2.19. The molecule has 4 nitrogen and oxygen atoms in total. The molecule has 0 bridgehead atoms. The van der Waals surface area contributed by atoms with Crippen LogP contribution in [0.25, 0.3) is 11.4 Å². The van der Waals surface area contributed by atoms with Gasteiger partial charge in [0.05, 0.1) is 28.9 Å². The highest BCUT2D eigenvalue weighted by atomic mass is 32.2. The molecule has 0 unspecified atom stereocenters. The Morgan fingerprint density at radius 2 is 1.69 bits per heavy atom. The second kappa shape index (κ2) is 12.7. The molecule has 0 saturated heterocycles. The second-order valence-corrected chi connectivity index (χ2v) is 7.75. The van der Waals surface area contributed by atoms with Crippen LogP contribution in [0.1, 0.15) is 27.9 Å². The van der Waals surface area contributed by atoms with Gasteiger partial charge in [0.1, 0.15) is 5.82 Å². The van der Waals surface area contributed by atoms with Gasteiger partial charge in [-0.1, -0.05) is 55.1 Å². The van der Waals surface area contributed by atoms with Crippen LogP contribution < -0.4 is 10.6 Å². The molecule has 3 aromatic rings. The summed E-state index contributed by atoms with van der Waals surface area (Å²) in [5.41, 5.74) is 6.20. The van der Waals surface area contributed by atoms with Crippen LogP contribution in [0, 0.1) is 13.8 Å². The summed E-state index contributed by atoms with van der Waals surface area (Å²) in [6.45, 7) is 15.6. The van der Waals surface area contributed by atoms with Crippen molar-refractivity contribution in [3.8, 4) is 0 Å². The molecular weight excluding hydrogens is 419 g/mol. The highest BCUT2D eigenvalue weighted by Crippen LogP contribution is 2.26. The number of nitrogens with one attached hydrogen (secondary N) is 2. The van der Waals surface area contributed by atoms with Gasteiger partial charge in [-0.2, -0.15) is 8.98 Å². The summed E-state index contributed by atoms with van der Waals surface area (Å²) in [6.07, 6.45) is 3.50. The van der Waals surface area contributed by atoms with E-state index in [0.717, 1.165) is 40.3 Å². The first-order valence-corrected chi connectivity index (χ1v) is 11.0. The van der Waals surface area contributed by atoms with Crippen molar-refractivity contribution >= 4 is 23.5 Å². The van der Waals surface area contributed by atoms with Gasteiger partial charge < -0.3 is 10.6 Å². The maximum absolute atomic E-state index is 13.2. The molecule has 2 N–H and O–H groups in total. The summed E-state index contributed by atoms with van der Waals surface area (Å²) < 4.78 is 14.9. The molecular formula is C26H31FN4S. The molecule has 1 aromatic heterocycles. The number of allylic oxidation sites excluding steroid dienone is 2. The summed E-state index contributed by atoms with van der Waals surface area (Å²) in [7, 11) is 1.93. The van der Waals surface area contributed by atoms with E-state index in [9.17, 15) is 3.89 Å². The third-order valence-electron chi connectivity index (χ3n) is 4.96. The van der Waals surface area contributed by atoms with Gasteiger partial charge in [0.15, 0.2) is 0 Å². The van der Waals surface area contributed by atoms with Crippen LogP contribution in [0.2, 0.25) is 0 Å². The number of aromatic nitrogens is 2. The van der Waals surface area contributed by atoms with E-state index in [2.05, 4.69) is 72.7 Å². The molecule has 0 radical (unpaired) electrons. The number of halogens is 1. The highest BCUT2D eigenvalue weighted by molar-refractivity contribution is 7.94. The second-order valence-electron chi connectivity index (χ2n) is 7.15. The minimum Gasteiger partial charge on any atom is -0.366 e. The molecule has 0 fully saturated rings. The Bertz CT molecular complexity index is 1050. The summed E-state index contributed by atoms with van der Waals surface area (Å²) in [5.74, 6) is 0.750. The highest BCUT2D eigenvalue weighted by Gasteiger charge is 2.12. The van der Waals surface area contributed by atoms with E-state index in [1.54, 1.807) is 10.9 Å². The van der Waals surface area contributed by atoms with Gasteiger partial charge in [-0.15, -0.1) is 13.2 Å². The first-order chi connectivity index (χ1) is 15.5. The Kier molecular flexibility index (Phi) is 9.98. The van der Waals surface area contributed by atoms with E-state index in [1.165, 1.54) is 5.56 Å². The maximum Gasteiger partial charge on any atom is 0.128 e. The Labute approximate surface area is 195 Å². The lowest BCUT2D eigenvalue weighted by molar-refractivity contribution is 0.754. The number of aryl methyl sites for hydroxylation is 1. The largest absolute Gasteiger partial charge is 0.366 e. The first-order valence-electron chi connectivity index (χ1n) is 10.3. The van der Waals surface area contributed by atoms with Crippen LogP contribution >= 0.6 is 12.1 Å². The molecule has 0 aliphatic carbocycles. The molecule has 0 spiro atoms. The van der Waals surface area contributed by atoms with E-state index < -0.39 is 0 Å². The number of rotatable bonds is 9. The van der Waals surface area contributed by atoms with Gasteiger partial charge in [-0.25, -0.2) is 4.68 Å². The maximum atomic E-state index is 13.2. The molecule has 0 aliphatic rings. The van der Waals surface area contributed by atoms with Crippen molar-refractivity contribution in [1.82, 2.24) is 20.4 Å². The van der Waals surface area contributed by atoms with Gasteiger partial charge in [0, 0.05) is 13.1 Å². The third-order valence-corrected chi connectivity index (χ3v) is 5.52. The minimum absolute atomic E-state index is 0.205. The van der Waals surface area contributed by atoms with Crippen molar-refractivity contribution in [2.45, 2.75) is 31.8 Å². The summed E-state index contributed by atoms with van der Waals surface area (Å²) in [6, 6.07) is 16.5. The van der Waals surface area contributed by atoms with Gasteiger partial charge >= 0.3 is 0 Å². The van der Waals surface area contributed by atoms with E-state index in [1.807, 2.05) is 38.2 Å². The fourth-order valence-corrected chi connectivity index (χ4v) is 3.53. The predicted octanol–water partition coefficient (Wildman–Crippen LogP) is 6.30. The fourth-order valence-electron chi connectivity index (χ4n) is 3.25. The van der Waals surface area contributed by atoms with E-state index >= 15 is 0 Å². The smallest absolute Gasteiger partial charge is 0.128 e. The monoisotopic (exact) mass is 450 g/mol. The van der Waals surface area contributed by atoms with Crippen LogP contribution in [0.15, 0.2) is 85.4 Å². The van der Waals surface area contributed by atoms with Gasteiger partial charge in [0.2, 0.25) is 0 Å². The quantitative estimate of drug-likeness (QED) is 0.297. The summed E-state index contributed by atoms with van der Waals surface area (Å²) in [4.78, 5) is 0.501. The average molecular weight is 451 g/mol. The molecule has 0 atom stereocenters. The van der Waals surface area contributed by atoms with Gasteiger partial charge in [-0.3, -0.25) is 0 Å². The molecule has 1 heterocycles. The summed E-state index contributed by atoms with van der Waals surface area (Å²) >= 11 is 0.205. The molecule has 0 amide bonds. The first kappa shape index (κ1) is 25.2. The molecule has 168 valence electrons. The van der Waals surface area contributed by atoms with Crippen molar-refractivity contribution in [3.63, 3.8) is 0 Å². The van der Waals surface area contributed by atoms with Gasteiger partial charge in [0.25, 0.3) is 0 Å². The topological polar surface area (TPSA) is 41.9 Å². The Morgan fingerprint density at radius 1 is 1.06 bits per heavy atom. The number of benzene rings is 2. The zero-order chi connectivity index (χ0) is 23.5. The van der Waals surface area contributed by atoms with Crippen LogP contribution in [0.4, 0.5) is 3.89 Å². The minimum atomic E-state index is 0.205. The van der Waals surface area contributed by atoms with Gasteiger partial charge in [-0.05, 0) is 54.8 Å².